The predicted octanol–water partition coefficient (Wildman–Crippen LogP) is 5.00. The summed E-state index contributed by atoms with van der Waals surface area (Å²) in [6.45, 7) is 0. The van der Waals surface area contributed by atoms with Gasteiger partial charge in [-0.25, -0.2) is 4.39 Å². The van der Waals surface area contributed by atoms with Gasteiger partial charge in [0.15, 0.2) is 0 Å². The number of alkyl halides is 4. The number of anilines is 1. The van der Waals surface area contributed by atoms with Gasteiger partial charge < -0.3 is 10.1 Å². The topological polar surface area (TPSA) is 38.3 Å². The summed E-state index contributed by atoms with van der Waals surface area (Å²) >= 11 is 5.90. The van der Waals surface area contributed by atoms with Gasteiger partial charge in [0, 0.05) is 21.7 Å². The quantitative estimate of drug-likeness (QED) is 0.766. The van der Waals surface area contributed by atoms with Crippen molar-refractivity contribution < 1.29 is 27.1 Å². The molecule has 0 radical (unpaired) electrons. The lowest BCUT2D eigenvalue weighted by Gasteiger charge is -2.19. The molecule has 1 atom stereocenters. The van der Waals surface area contributed by atoms with E-state index in [0.29, 0.717) is 0 Å². The summed E-state index contributed by atoms with van der Waals surface area (Å²) in [4.78, 5) is 11.6. The molecular weight excluding hydrogens is 350 g/mol. The van der Waals surface area contributed by atoms with Crippen LogP contribution < -0.4 is 10.1 Å². The fraction of sp³-hybridized carbons (Fsp3) is 0.188. The highest BCUT2D eigenvalue weighted by Gasteiger charge is 2.40. The van der Waals surface area contributed by atoms with Gasteiger partial charge in [0.25, 0.3) is 5.91 Å². The van der Waals surface area contributed by atoms with Crippen molar-refractivity contribution in [3.05, 3.63) is 46.5 Å². The first-order valence-corrected chi connectivity index (χ1v) is 7.14. The highest BCUT2D eigenvalue weighted by atomic mass is 35.5. The van der Waals surface area contributed by atoms with E-state index < -0.39 is 23.8 Å². The molecule has 3 rings (SSSR count). The average Bonchev–Trinajstić information content (AvgIpc) is 2.80. The number of hydrogen-bond donors (Lipinski definition) is 1. The van der Waals surface area contributed by atoms with Gasteiger partial charge in [0.2, 0.25) is 6.17 Å². The number of methoxy groups -OCH3 is 1. The molecule has 0 saturated heterocycles. The Hall–Kier alpha value is -2.28. The molecule has 0 aromatic heterocycles. The van der Waals surface area contributed by atoms with Crippen molar-refractivity contribution in [2.75, 3.05) is 12.4 Å². The summed E-state index contributed by atoms with van der Waals surface area (Å²) in [6, 6.07) is 5.85. The molecule has 0 aliphatic carbocycles. The van der Waals surface area contributed by atoms with Crippen LogP contribution in [0.1, 0.15) is 17.3 Å². The summed E-state index contributed by atoms with van der Waals surface area (Å²) in [5.41, 5.74) is -1.74. The third-order valence-corrected chi connectivity index (χ3v) is 3.96. The molecule has 24 heavy (non-hydrogen) atoms. The van der Waals surface area contributed by atoms with Crippen molar-refractivity contribution >= 4 is 23.2 Å². The molecule has 0 saturated carbocycles. The number of rotatable bonds is 2. The number of fused-ring (bicyclic) bond motifs is 1. The summed E-state index contributed by atoms with van der Waals surface area (Å²) in [7, 11) is 1.29. The summed E-state index contributed by atoms with van der Waals surface area (Å²) < 4.78 is 59.4. The Morgan fingerprint density at radius 2 is 1.92 bits per heavy atom. The molecule has 1 aliphatic heterocycles. The van der Waals surface area contributed by atoms with Crippen molar-refractivity contribution in [1.82, 2.24) is 0 Å². The van der Waals surface area contributed by atoms with E-state index >= 15 is 0 Å². The summed E-state index contributed by atoms with van der Waals surface area (Å²) in [6.07, 6.45) is -6.73. The number of benzene rings is 2. The molecule has 8 heteroatoms. The van der Waals surface area contributed by atoms with E-state index in [1.165, 1.54) is 25.3 Å². The predicted molar refractivity (Wildman–Crippen MR) is 80.9 cm³/mol. The van der Waals surface area contributed by atoms with E-state index in [-0.39, 0.29) is 33.1 Å². The number of nitrogens with one attached hydrogen (secondary N) is 1. The number of amides is 1. The van der Waals surface area contributed by atoms with Gasteiger partial charge in [-0.1, -0.05) is 17.7 Å². The number of halogens is 5. The SMILES string of the molecule is COc1ccc(Cl)cc1-c1c(C(F)(F)F)ccc2c1NC(=O)[C@H]2F. The normalized spacial score (nSPS) is 16.8. The second-order valence-corrected chi connectivity index (χ2v) is 5.58. The summed E-state index contributed by atoms with van der Waals surface area (Å²) in [5.74, 6) is -0.888. The minimum atomic E-state index is -4.71. The van der Waals surface area contributed by atoms with E-state index in [4.69, 9.17) is 16.3 Å². The number of hydrogen-bond acceptors (Lipinski definition) is 2. The van der Waals surface area contributed by atoms with E-state index in [1.807, 2.05) is 0 Å². The third-order valence-electron chi connectivity index (χ3n) is 3.73. The molecule has 0 bridgehead atoms. The Balaban J connectivity index is 2.38. The maximum absolute atomic E-state index is 13.9. The van der Waals surface area contributed by atoms with Crippen LogP contribution in [-0.2, 0) is 11.0 Å². The molecule has 0 unspecified atom stereocenters. The molecule has 1 aliphatic rings. The first-order chi connectivity index (χ1) is 11.2. The molecule has 1 N–H and O–H groups in total. The fourth-order valence-corrected chi connectivity index (χ4v) is 2.86. The van der Waals surface area contributed by atoms with Crippen LogP contribution in [0.25, 0.3) is 11.1 Å². The summed E-state index contributed by atoms with van der Waals surface area (Å²) in [5, 5.41) is 2.36. The Labute approximate surface area is 139 Å². The Bertz CT molecular complexity index is 836. The minimum absolute atomic E-state index is 0.0172. The Morgan fingerprint density at radius 3 is 2.54 bits per heavy atom. The third kappa shape index (κ3) is 2.58. The van der Waals surface area contributed by atoms with Crippen molar-refractivity contribution in [3.8, 4) is 16.9 Å². The van der Waals surface area contributed by atoms with Gasteiger partial charge in [-0.05, 0) is 24.3 Å². The molecule has 1 amide bonds. The monoisotopic (exact) mass is 359 g/mol. The number of carbonyl (C=O) groups is 1. The first kappa shape index (κ1) is 16.6. The second kappa shape index (κ2) is 5.66. The molecule has 126 valence electrons. The van der Waals surface area contributed by atoms with Crippen molar-refractivity contribution in [2.45, 2.75) is 12.3 Å². The number of carbonyl (C=O) groups excluding carboxylic acids is 1. The first-order valence-electron chi connectivity index (χ1n) is 6.77. The van der Waals surface area contributed by atoms with Crippen LogP contribution in [0.5, 0.6) is 5.75 Å². The van der Waals surface area contributed by atoms with E-state index in [2.05, 4.69) is 5.32 Å². The smallest absolute Gasteiger partial charge is 0.417 e. The lowest BCUT2D eigenvalue weighted by molar-refractivity contribution is -0.137. The Morgan fingerprint density at radius 1 is 1.21 bits per heavy atom. The zero-order valence-electron chi connectivity index (χ0n) is 12.2. The zero-order chi connectivity index (χ0) is 17.6. The van der Waals surface area contributed by atoms with E-state index in [9.17, 15) is 22.4 Å². The highest BCUT2D eigenvalue weighted by Crippen LogP contribution is 2.49. The van der Waals surface area contributed by atoms with Gasteiger partial charge >= 0.3 is 6.18 Å². The van der Waals surface area contributed by atoms with Crippen LogP contribution in [0, 0.1) is 0 Å². The van der Waals surface area contributed by atoms with Crippen LogP contribution in [0.4, 0.5) is 23.2 Å². The highest BCUT2D eigenvalue weighted by molar-refractivity contribution is 6.31. The van der Waals surface area contributed by atoms with Gasteiger partial charge in [-0.3, -0.25) is 4.79 Å². The van der Waals surface area contributed by atoms with Gasteiger partial charge in [-0.15, -0.1) is 0 Å². The van der Waals surface area contributed by atoms with Gasteiger partial charge in [0.1, 0.15) is 5.75 Å². The molecular formula is C16H10ClF4NO2. The molecule has 2 aromatic rings. The van der Waals surface area contributed by atoms with Crippen LogP contribution in [0.3, 0.4) is 0 Å². The van der Waals surface area contributed by atoms with E-state index in [0.717, 1.165) is 12.1 Å². The maximum atomic E-state index is 13.9. The van der Waals surface area contributed by atoms with Crippen molar-refractivity contribution in [1.29, 1.82) is 0 Å². The second-order valence-electron chi connectivity index (χ2n) is 5.15. The molecule has 1 heterocycles. The van der Waals surface area contributed by atoms with E-state index in [1.54, 1.807) is 0 Å². The standard InChI is InChI=1S/C16H10ClF4NO2/c1-24-11-5-2-7(17)6-9(11)12-10(16(19,20)21)4-3-8-13(18)15(23)22-14(8)12/h2-6,13H,1H3,(H,22,23)/t13-/m0/s1. The Kier molecular flexibility index (Phi) is 3.91. The van der Waals surface area contributed by atoms with Gasteiger partial charge in [0.05, 0.1) is 18.4 Å². The lowest BCUT2D eigenvalue weighted by atomic mass is 9.93. The molecule has 0 fully saturated rings. The van der Waals surface area contributed by atoms with Crippen LogP contribution in [0.2, 0.25) is 5.02 Å². The minimum Gasteiger partial charge on any atom is -0.496 e. The fourth-order valence-electron chi connectivity index (χ4n) is 2.68. The molecule has 3 nitrogen and oxygen atoms in total. The largest absolute Gasteiger partial charge is 0.496 e. The maximum Gasteiger partial charge on any atom is 0.417 e. The number of ether oxygens (including phenoxy) is 1. The molecule has 0 spiro atoms. The van der Waals surface area contributed by atoms with Gasteiger partial charge in [-0.2, -0.15) is 13.2 Å². The van der Waals surface area contributed by atoms with Crippen molar-refractivity contribution in [2.24, 2.45) is 0 Å². The average molecular weight is 360 g/mol. The van der Waals surface area contributed by atoms with Crippen LogP contribution in [-0.4, -0.2) is 13.0 Å². The lowest BCUT2D eigenvalue weighted by Crippen LogP contribution is -2.10. The van der Waals surface area contributed by atoms with Crippen LogP contribution in [0.15, 0.2) is 30.3 Å². The molecule has 2 aromatic carbocycles. The van der Waals surface area contributed by atoms with Crippen molar-refractivity contribution in [3.63, 3.8) is 0 Å². The van der Waals surface area contributed by atoms with Crippen LogP contribution >= 0.6 is 11.6 Å². The zero-order valence-corrected chi connectivity index (χ0v) is 12.9.